The van der Waals surface area contributed by atoms with Gasteiger partial charge in [-0.05, 0) is 37.7 Å². The van der Waals surface area contributed by atoms with E-state index in [9.17, 15) is 8.42 Å². The van der Waals surface area contributed by atoms with Gasteiger partial charge in [-0.1, -0.05) is 13.8 Å². The fraction of sp³-hybridized carbons (Fsp3) is 0.733. The molecule has 0 aromatic carbocycles. The molecule has 1 aromatic rings. The maximum Gasteiger partial charge on any atom is 0.244 e. The first kappa shape index (κ1) is 15.1. The zero-order valence-corrected chi connectivity index (χ0v) is 13.6. The van der Waals surface area contributed by atoms with Crippen LogP contribution >= 0.6 is 0 Å². The summed E-state index contributed by atoms with van der Waals surface area (Å²) in [5, 5.41) is 0. The number of hydrogen-bond acceptors (Lipinski definition) is 3. The van der Waals surface area contributed by atoms with E-state index in [0.717, 1.165) is 31.4 Å². The van der Waals surface area contributed by atoms with Crippen molar-refractivity contribution >= 4 is 10.0 Å². The van der Waals surface area contributed by atoms with E-state index in [-0.39, 0.29) is 6.04 Å². The van der Waals surface area contributed by atoms with E-state index in [0.29, 0.717) is 29.9 Å². The van der Waals surface area contributed by atoms with Crippen molar-refractivity contribution in [3.05, 3.63) is 18.0 Å². The van der Waals surface area contributed by atoms with Gasteiger partial charge in [0.25, 0.3) is 0 Å². The normalized spacial score (nSPS) is 19.7. The monoisotopic (exact) mass is 311 g/mol. The van der Waals surface area contributed by atoms with Gasteiger partial charge in [0.1, 0.15) is 4.90 Å². The topological polar surface area (TPSA) is 68.3 Å². The molecule has 3 rings (SSSR count). The summed E-state index contributed by atoms with van der Waals surface area (Å²) >= 11 is 0. The molecule has 0 saturated heterocycles. The van der Waals surface area contributed by atoms with Crippen LogP contribution in [-0.2, 0) is 16.6 Å². The van der Waals surface area contributed by atoms with Gasteiger partial charge in [-0.25, -0.2) is 8.42 Å². The second-order valence-corrected chi connectivity index (χ2v) is 8.60. The fourth-order valence-corrected chi connectivity index (χ4v) is 4.70. The van der Waals surface area contributed by atoms with Crippen molar-refractivity contribution in [1.29, 1.82) is 0 Å². The summed E-state index contributed by atoms with van der Waals surface area (Å²) in [4.78, 5) is 0.419. The molecule has 2 aliphatic carbocycles. The summed E-state index contributed by atoms with van der Waals surface area (Å²) in [6.45, 7) is 5.11. The number of rotatable bonds is 7. The predicted molar refractivity (Wildman–Crippen MR) is 82.3 cm³/mol. The van der Waals surface area contributed by atoms with Crippen LogP contribution in [0.5, 0.6) is 0 Å². The molecule has 2 fully saturated rings. The Kier molecular flexibility index (Phi) is 3.88. The van der Waals surface area contributed by atoms with E-state index in [4.69, 9.17) is 5.73 Å². The summed E-state index contributed by atoms with van der Waals surface area (Å²) in [6.07, 6.45) is 6.02. The molecule has 21 heavy (non-hydrogen) atoms. The van der Waals surface area contributed by atoms with Gasteiger partial charge in [0.2, 0.25) is 10.0 Å². The second kappa shape index (κ2) is 5.41. The Balaban J connectivity index is 1.92. The summed E-state index contributed by atoms with van der Waals surface area (Å²) in [7, 11) is -3.39. The first-order chi connectivity index (χ1) is 9.93. The van der Waals surface area contributed by atoms with Crippen molar-refractivity contribution in [2.75, 3.05) is 6.54 Å². The summed E-state index contributed by atoms with van der Waals surface area (Å²) < 4.78 is 29.7. The SMILES string of the molecule is CC(C)CN(C1CC1)S(=O)(=O)c1cc(CN)n(C2CC2)c1. The van der Waals surface area contributed by atoms with Crippen molar-refractivity contribution in [3.63, 3.8) is 0 Å². The molecule has 0 atom stereocenters. The Labute approximate surface area is 127 Å². The van der Waals surface area contributed by atoms with Crippen molar-refractivity contribution < 1.29 is 8.42 Å². The highest BCUT2D eigenvalue weighted by molar-refractivity contribution is 7.89. The highest BCUT2D eigenvalue weighted by Crippen LogP contribution is 2.39. The molecule has 118 valence electrons. The largest absolute Gasteiger partial charge is 0.346 e. The molecular formula is C15H25N3O2S. The third-order valence-corrected chi connectivity index (χ3v) is 6.05. The van der Waals surface area contributed by atoms with E-state index in [1.807, 2.05) is 0 Å². The fourth-order valence-electron chi connectivity index (χ4n) is 2.80. The molecule has 0 unspecified atom stereocenters. The molecule has 6 heteroatoms. The molecule has 2 saturated carbocycles. The van der Waals surface area contributed by atoms with Crippen LogP contribution in [0.15, 0.2) is 17.2 Å². The quantitative estimate of drug-likeness (QED) is 0.838. The molecule has 0 spiro atoms. The van der Waals surface area contributed by atoms with Crippen LogP contribution in [0.2, 0.25) is 0 Å². The van der Waals surface area contributed by atoms with Crippen molar-refractivity contribution in [1.82, 2.24) is 8.87 Å². The molecule has 2 aliphatic rings. The molecule has 2 N–H and O–H groups in total. The molecule has 1 heterocycles. The maximum absolute atomic E-state index is 12.9. The van der Waals surface area contributed by atoms with E-state index in [1.165, 1.54) is 0 Å². The van der Waals surface area contributed by atoms with Gasteiger partial charge in [0, 0.05) is 37.1 Å². The average molecular weight is 311 g/mol. The Hall–Kier alpha value is -0.850. The number of nitrogens with two attached hydrogens (primary N) is 1. The van der Waals surface area contributed by atoms with Crippen molar-refractivity contribution in [2.45, 2.75) is 63.1 Å². The highest BCUT2D eigenvalue weighted by Gasteiger charge is 2.39. The highest BCUT2D eigenvalue weighted by atomic mass is 32.2. The van der Waals surface area contributed by atoms with Crippen LogP contribution < -0.4 is 5.73 Å². The minimum absolute atomic E-state index is 0.197. The van der Waals surface area contributed by atoms with Gasteiger partial charge in [-0.2, -0.15) is 4.31 Å². The standard InChI is InChI=1S/C15H25N3O2S/c1-11(2)9-18(13-5-6-13)21(19,20)15-7-14(8-16)17(10-15)12-3-4-12/h7,10-13H,3-6,8-9,16H2,1-2H3. The van der Waals surface area contributed by atoms with Crippen molar-refractivity contribution in [2.24, 2.45) is 11.7 Å². The van der Waals surface area contributed by atoms with E-state index in [1.54, 1.807) is 16.6 Å². The van der Waals surface area contributed by atoms with Crippen LogP contribution in [0, 0.1) is 5.92 Å². The third kappa shape index (κ3) is 3.03. The van der Waals surface area contributed by atoms with Gasteiger partial charge in [-0.3, -0.25) is 0 Å². The lowest BCUT2D eigenvalue weighted by Crippen LogP contribution is -2.36. The summed E-state index contributed by atoms with van der Waals surface area (Å²) in [5.41, 5.74) is 6.70. The lowest BCUT2D eigenvalue weighted by Gasteiger charge is -2.23. The average Bonchev–Trinajstić information content (AvgIpc) is 3.33. The summed E-state index contributed by atoms with van der Waals surface area (Å²) in [6, 6.07) is 2.42. The lowest BCUT2D eigenvalue weighted by molar-refractivity contribution is 0.360. The first-order valence-corrected chi connectivity index (χ1v) is 9.30. The predicted octanol–water partition coefficient (Wildman–Crippen LogP) is 2.09. The first-order valence-electron chi connectivity index (χ1n) is 7.86. The maximum atomic E-state index is 12.9. The zero-order chi connectivity index (χ0) is 15.2. The Morgan fingerprint density at radius 3 is 2.48 bits per heavy atom. The smallest absolute Gasteiger partial charge is 0.244 e. The van der Waals surface area contributed by atoms with Crippen LogP contribution in [0.1, 0.15) is 51.3 Å². The number of aromatic nitrogens is 1. The minimum atomic E-state index is -3.39. The van der Waals surface area contributed by atoms with Gasteiger partial charge in [0.05, 0.1) is 0 Å². The molecule has 0 radical (unpaired) electrons. The number of nitrogens with zero attached hydrogens (tertiary/aromatic N) is 2. The molecule has 0 aliphatic heterocycles. The van der Waals surface area contributed by atoms with Gasteiger partial charge >= 0.3 is 0 Å². The Bertz CT molecular complexity index is 613. The molecule has 0 amide bonds. The Morgan fingerprint density at radius 2 is 2.00 bits per heavy atom. The van der Waals surface area contributed by atoms with E-state index >= 15 is 0 Å². The van der Waals surface area contributed by atoms with E-state index in [2.05, 4.69) is 18.4 Å². The lowest BCUT2D eigenvalue weighted by atomic mass is 10.2. The zero-order valence-electron chi connectivity index (χ0n) is 12.8. The molecule has 5 nitrogen and oxygen atoms in total. The van der Waals surface area contributed by atoms with Crippen molar-refractivity contribution in [3.8, 4) is 0 Å². The second-order valence-electron chi connectivity index (χ2n) is 6.71. The van der Waals surface area contributed by atoms with Crippen LogP contribution in [0.4, 0.5) is 0 Å². The van der Waals surface area contributed by atoms with Gasteiger partial charge in [-0.15, -0.1) is 0 Å². The number of sulfonamides is 1. The third-order valence-electron chi connectivity index (χ3n) is 4.16. The molecule has 1 aromatic heterocycles. The van der Waals surface area contributed by atoms with Crippen LogP contribution in [0.3, 0.4) is 0 Å². The molecule has 0 bridgehead atoms. The van der Waals surface area contributed by atoms with Crippen LogP contribution in [-0.4, -0.2) is 29.9 Å². The van der Waals surface area contributed by atoms with E-state index < -0.39 is 10.0 Å². The van der Waals surface area contributed by atoms with Gasteiger partial charge in [0.15, 0.2) is 0 Å². The Morgan fingerprint density at radius 1 is 1.33 bits per heavy atom. The molecular weight excluding hydrogens is 286 g/mol. The van der Waals surface area contributed by atoms with Gasteiger partial charge < -0.3 is 10.3 Å². The minimum Gasteiger partial charge on any atom is -0.346 e. The van der Waals surface area contributed by atoms with Crippen LogP contribution in [0.25, 0.3) is 0 Å². The summed E-state index contributed by atoms with van der Waals surface area (Å²) in [5.74, 6) is 0.333. The number of hydrogen-bond donors (Lipinski definition) is 1.